The number of aryl methyl sites for hydroxylation is 1. The molecule has 3 heteroatoms. The summed E-state index contributed by atoms with van der Waals surface area (Å²) in [5.41, 5.74) is 1.69. The zero-order valence-corrected chi connectivity index (χ0v) is 10.1. The predicted octanol–water partition coefficient (Wildman–Crippen LogP) is 2.62. The molecule has 88 valence electrons. The van der Waals surface area contributed by atoms with Gasteiger partial charge < -0.3 is 10.1 Å². The number of anilines is 1. The van der Waals surface area contributed by atoms with Gasteiger partial charge in [0.2, 0.25) is 0 Å². The van der Waals surface area contributed by atoms with Crippen molar-refractivity contribution in [2.45, 2.75) is 26.2 Å². The number of hydrogen-bond acceptors (Lipinski definition) is 3. The summed E-state index contributed by atoms with van der Waals surface area (Å²) in [5.74, 6) is 1.02. The van der Waals surface area contributed by atoms with Crippen molar-refractivity contribution in [1.29, 1.82) is 0 Å². The molecule has 1 aromatic heterocycles. The summed E-state index contributed by atoms with van der Waals surface area (Å²) in [5, 5.41) is 3.46. The van der Waals surface area contributed by atoms with Crippen molar-refractivity contribution in [2.24, 2.45) is 5.41 Å². The summed E-state index contributed by atoms with van der Waals surface area (Å²) >= 11 is 0. The van der Waals surface area contributed by atoms with Crippen molar-refractivity contribution in [3.8, 4) is 0 Å². The second-order valence-corrected chi connectivity index (χ2v) is 4.77. The molecule has 0 aromatic carbocycles. The summed E-state index contributed by atoms with van der Waals surface area (Å²) in [6.45, 7) is 3.97. The minimum Gasteiger partial charge on any atom is -0.385 e. The van der Waals surface area contributed by atoms with Gasteiger partial charge in [-0.15, -0.1) is 0 Å². The van der Waals surface area contributed by atoms with Crippen molar-refractivity contribution < 1.29 is 4.74 Å². The van der Waals surface area contributed by atoms with Crippen LogP contribution in [0.4, 0.5) is 5.82 Å². The Morgan fingerprint density at radius 1 is 1.50 bits per heavy atom. The lowest BCUT2D eigenvalue weighted by molar-refractivity contribution is 0.175. The number of pyridine rings is 1. The van der Waals surface area contributed by atoms with Crippen LogP contribution < -0.4 is 5.32 Å². The first-order chi connectivity index (χ1) is 7.76. The third-order valence-corrected chi connectivity index (χ3v) is 3.43. The summed E-state index contributed by atoms with van der Waals surface area (Å²) in [7, 11) is 1.77. The molecule has 0 unspecified atom stereocenters. The molecule has 1 heterocycles. The van der Waals surface area contributed by atoms with Gasteiger partial charge in [0.15, 0.2) is 0 Å². The molecular formula is C13H20N2O. The highest BCUT2D eigenvalue weighted by Crippen LogP contribution is 2.48. The van der Waals surface area contributed by atoms with Gasteiger partial charge in [-0.2, -0.15) is 0 Å². The molecule has 1 saturated carbocycles. The van der Waals surface area contributed by atoms with Crippen LogP contribution in [-0.4, -0.2) is 25.2 Å². The topological polar surface area (TPSA) is 34.1 Å². The van der Waals surface area contributed by atoms with E-state index in [1.54, 1.807) is 7.11 Å². The maximum absolute atomic E-state index is 5.15. The lowest BCUT2D eigenvalue weighted by Gasteiger charge is -2.16. The Kier molecular flexibility index (Phi) is 3.44. The van der Waals surface area contributed by atoms with E-state index in [0.717, 1.165) is 25.4 Å². The number of hydrogen-bond donors (Lipinski definition) is 1. The number of ether oxygens (including phenoxy) is 1. The Balaban J connectivity index is 1.85. The zero-order valence-electron chi connectivity index (χ0n) is 10.1. The monoisotopic (exact) mass is 220 g/mol. The van der Waals surface area contributed by atoms with Gasteiger partial charge in [0, 0.05) is 26.5 Å². The van der Waals surface area contributed by atoms with Crippen molar-refractivity contribution in [3.63, 3.8) is 0 Å². The number of nitrogens with zero attached hydrogens (tertiary/aromatic N) is 1. The lowest BCUT2D eigenvalue weighted by atomic mass is 10.0. The van der Waals surface area contributed by atoms with Crippen molar-refractivity contribution >= 4 is 5.82 Å². The molecule has 2 rings (SSSR count). The lowest BCUT2D eigenvalue weighted by Crippen LogP contribution is -2.18. The quantitative estimate of drug-likeness (QED) is 0.800. The van der Waals surface area contributed by atoms with Crippen LogP contribution >= 0.6 is 0 Å². The molecule has 1 aliphatic rings. The number of aromatic nitrogens is 1. The van der Waals surface area contributed by atoms with Crippen LogP contribution in [0.5, 0.6) is 0 Å². The second-order valence-electron chi connectivity index (χ2n) is 4.77. The largest absolute Gasteiger partial charge is 0.385 e. The Morgan fingerprint density at radius 2 is 2.31 bits per heavy atom. The molecule has 1 aliphatic carbocycles. The summed E-state index contributed by atoms with van der Waals surface area (Å²) in [6, 6.07) is 4.06. The van der Waals surface area contributed by atoms with Crippen molar-refractivity contribution in [3.05, 3.63) is 23.9 Å². The van der Waals surface area contributed by atoms with Crippen LogP contribution in [0.3, 0.4) is 0 Å². The molecule has 1 N–H and O–H groups in total. The molecule has 0 radical (unpaired) electrons. The molecule has 1 fully saturated rings. The number of methoxy groups -OCH3 is 1. The van der Waals surface area contributed by atoms with Crippen LogP contribution in [0.1, 0.15) is 24.8 Å². The van der Waals surface area contributed by atoms with Gasteiger partial charge in [-0.3, -0.25) is 0 Å². The Morgan fingerprint density at radius 3 is 2.94 bits per heavy atom. The third kappa shape index (κ3) is 2.73. The van der Waals surface area contributed by atoms with E-state index in [0.29, 0.717) is 5.41 Å². The van der Waals surface area contributed by atoms with Gasteiger partial charge in [0.25, 0.3) is 0 Å². The van der Waals surface area contributed by atoms with Gasteiger partial charge in [0.05, 0.1) is 0 Å². The highest BCUT2D eigenvalue weighted by atomic mass is 16.5. The number of nitrogens with one attached hydrogen (secondary N) is 1. The van der Waals surface area contributed by atoms with E-state index in [-0.39, 0.29) is 0 Å². The van der Waals surface area contributed by atoms with Crippen LogP contribution in [0.25, 0.3) is 0 Å². The van der Waals surface area contributed by atoms with Crippen LogP contribution in [0.2, 0.25) is 0 Å². The van der Waals surface area contributed by atoms with E-state index in [4.69, 9.17) is 4.74 Å². The van der Waals surface area contributed by atoms with E-state index in [9.17, 15) is 0 Å². The average molecular weight is 220 g/mol. The second kappa shape index (κ2) is 4.83. The molecule has 0 bridgehead atoms. The van der Waals surface area contributed by atoms with Crippen molar-refractivity contribution in [1.82, 2.24) is 4.98 Å². The molecular weight excluding hydrogens is 200 g/mol. The smallest absolute Gasteiger partial charge is 0.128 e. The van der Waals surface area contributed by atoms with E-state index in [1.165, 1.54) is 18.4 Å². The maximum atomic E-state index is 5.15. The van der Waals surface area contributed by atoms with E-state index in [1.807, 2.05) is 12.3 Å². The highest BCUT2D eigenvalue weighted by Gasteiger charge is 2.41. The van der Waals surface area contributed by atoms with Gasteiger partial charge in [0.1, 0.15) is 5.82 Å². The molecule has 0 amide bonds. The fourth-order valence-electron chi connectivity index (χ4n) is 1.95. The fourth-order valence-corrected chi connectivity index (χ4v) is 1.95. The van der Waals surface area contributed by atoms with Crippen LogP contribution in [0.15, 0.2) is 18.3 Å². The standard InChI is InChI=1S/C13H20N2O/c1-11-4-3-8-14-12(11)15-10-13(5-6-13)7-9-16-2/h3-4,8H,5-7,9-10H2,1-2H3,(H,14,15). The SMILES string of the molecule is COCCC1(CNc2ncccc2C)CC1. The van der Waals surface area contributed by atoms with Gasteiger partial charge >= 0.3 is 0 Å². The first kappa shape index (κ1) is 11.4. The molecule has 1 aromatic rings. The molecule has 0 spiro atoms. The molecule has 0 aliphatic heterocycles. The predicted molar refractivity (Wildman–Crippen MR) is 65.6 cm³/mol. The summed E-state index contributed by atoms with van der Waals surface area (Å²) < 4.78 is 5.15. The summed E-state index contributed by atoms with van der Waals surface area (Å²) in [6.07, 6.45) is 5.62. The van der Waals surface area contributed by atoms with Gasteiger partial charge in [-0.25, -0.2) is 4.98 Å². The van der Waals surface area contributed by atoms with Gasteiger partial charge in [-0.1, -0.05) is 6.07 Å². The molecule has 0 saturated heterocycles. The normalized spacial score (nSPS) is 17.1. The van der Waals surface area contributed by atoms with E-state index >= 15 is 0 Å². The van der Waals surface area contributed by atoms with E-state index < -0.39 is 0 Å². The van der Waals surface area contributed by atoms with Crippen LogP contribution in [-0.2, 0) is 4.74 Å². The van der Waals surface area contributed by atoms with Gasteiger partial charge in [-0.05, 0) is 43.2 Å². The first-order valence-corrected chi connectivity index (χ1v) is 5.90. The first-order valence-electron chi connectivity index (χ1n) is 5.90. The fraction of sp³-hybridized carbons (Fsp3) is 0.615. The summed E-state index contributed by atoms with van der Waals surface area (Å²) in [4.78, 5) is 4.35. The molecule has 0 atom stereocenters. The zero-order chi connectivity index (χ0) is 11.4. The highest BCUT2D eigenvalue weighted by molar-refractivity contribution is 5.42. The molecule has 16 heavy (non-hydrogen) atoms. The Hall–Kier alpha value is -1.09. The molecule has 3 nitrogen and oxygen atoms in total. The van der Waals surface area contributed by atoms with Crippen LogP contribution in [0, 0.1) is 12.3 Å². The maximum Gasteiger partial charge on any atom is 0.128 e. The minimum absolute atomic E-state index is 0.472. The third-order valence-electron chi connectivity index (χ3n) is 3.43. The van der Waals surface area contributed by atoms with Crippen molar-refractivity contribution in [2.75, 3.05) is 25.6 Å². The Labute approximate surface area is 97.2 Å². The average Bonchev–Trinajstić information content (AvgIpc) is 3.06. The Bertz CT molecular complexity index is 348. The minimum atomic E-state index is 0.472. The number of rotatable bonds is 6. The van der Waals surface area contributed by atoms with E-state index in [2.05, 4.69) is 23.3 Å².